The lowest BCUT2D eigenvalue weighted by molar-refractivity contribution is 0.707. The van der Waals surface area contributed by atoms with Gasteiger partial charge in [-0.1, -0.05) is 0 Å². The summed E-state index contributed by atoms with van der Waals surface area (Å²) in [4.78, 5) is 36.7. The number of aromatic nitrogens is 5. The van der Waals surface area contributed by atoms with Crippen molar-refractivity contribution in [3.8, 4) is 11.3 Å². The summed E-state index contributed by atoms with van der Waals surface area (Å²) in [7, 11) is 3.02. The molecule has 0 saturated heterocycles. The Labute approximate surface area is 124 Å². The predicted molar refractivity (Wildman–Crippen MR) is 82.4 cm³/mol. The van der Waals surface area contributed by atoms with E-state index in [-0.39, 0.29) is 5.95 Å². The largest absolute Gasteiger partial charge is 0.368 e. The molecule has 3 aromatic rings. The monoisotopic (exact) mass is 298 g/mol. The van der Waals surface area contributed by atoms with E-state index in [0.717, 1.165) is 4.57 Å². The standard InChI is InChI=1S/C14H14N6O2/c1-7-8(10-4-5-16-13(15)18-10)6-9-11(17-7)19(2)14(22)20(3)12(9)21/h4-6H,1-3H3,(H2,15,16,18). The van der Waals surface area contributed by atoms with Gasteiger partial charge >= 0.3 is 5.69 Å². The zero-order valence-corrected chi connectivity index (χ0v) is 12.4. The van der Waals surface area contributed by atoms with Crippen LogP contribution >= 0.6 is 0 Å². The third-order valence-corrected chi connectivity index (χ3v) is 3.57. The van der Waals surface area contributed by atoms with E-state index in [2.05, 4.69) is 15.0 Å². The van der Waals surface area contributed by atoms with Gasteiger partial charge in [-0.3, -0.25) is 13.9 Å². The van der Waals surface area contributed by atoms with Gasteiger partial charge in [0.05, 0.1) is 11.1 Å². The third kappa shape index (κ3) is 1.96. The Morgan fingerprint density at radius 1 is 1.14 bits per heavy atom. The molecule has 0 aromatic carbocycles. The number of hydrogen-bond acceptors (Lipinski definition) is 6. The van der Waals surface area contributed by atoms with E-state index >= 15 is 0 Å². The van der Waals surface area contributed by atoms with E-state index in [1.807, 2.05) is 0 Å². The lowest BCUT2D eigenvalue weighted by Gasteiger charge is -2.10. The number of aryl methyl sites for hydroxylation is 2. The van der Waals surface area contributed by atoms with Gasteiger partial charge in [0, 0.05) is 31.5 Å². The van der Waals surface area contributed by atoms with Crippen molar-refractivity contribution in [3.63, 3.8) is 0 Å². The highest BCUT2D eigenvalue weighted by molar-refractivity contribution is 5.81. The second-order valence-electron chi connectivity index (χ2n) is 5.00. The Bertz CT molecular complexity index is 1020. The zero-order chi connectivity index (χ0) is 16.0. The van der Waals surface area contributed by atoms with Gasteiger partial charge in [-0.25, -0.2) is 19.7 Å². The van der Waals surface area contributed by atoms with Crippen molar-refractivity contribution in [1.82, 2.24) is 24.1 Å². The van der Waals surface area contributed by atoms with Gasteiger partial charge in [0.25, 0.3) is 5.56 Å². The highest BCUT2D eigenvalue weighted by atomic mass is 16.2. The molecule has 8 heteroatoms. The van der Waals surface area contributed by atoms with Gasteiger partial charge in [-0.15, -0.1) is 0 Å². The molecule has 3 heterocycles. The molecular formula is C14H14N6O2. The van der Waals surface area contributed by atoms with Gasteiger partial charge in [0.2, 0.25) is 5.95 Å². The molecule has 0 unspecified atom stereocenters. The zero-order valence-electron chi connectivity index (χ0n) is 12.4. The molecule has 0 aliphatic heterocycles. The molecule has 22 heavy (non-hydrogen) atoms. The van der Waals surface area contributed by atoms with Crippen molar-refractivity contribution in [1.29, 1.82) is 0 Å². The van der Waals surface area contributed by atoms with Crippen molar-refractivity contribution in [2.24, 2.45) is 14.1 Å². The Morgan fingerprint density at radius 3 is 2.55 bits per heavy atom. The minimum Gasteiger partial charge on any atom is -0.368 e. The first-order chi connectivity index (χ1) is 10.4. The van der Waals surface area contributed by atoms with Gasteiger partial charge in [-0.05, 0) is 19.1 Å². The summed E-state index contributed by atoms with van der Waals surface area (Å²) >= 11 is 0. The summed E-state index contributed by atoms with van der Waals surface area (Å²) < 4.78 is 2.40. The van der Waals surface area contributed by atoms with Crippen LogP contribution in [0.3, 0.4) is 0 Å². The fraction of sp³-hybridized carbons (Fsp3) is 0.214. The summed E-state index contributed by atoms with van der Waals surface area (Å²) in [6.45, 7) is 1.79. The first-order valence-corrected chi connectivity index (χ1v) is 6.56. The molecule has 0 radical (unpaired) electrons. The average molecular weight is 298 g/mol. The van der Waals surface area contributed by atoms with E-state index in [4.69, 9.17) is 5.73 Å². The van der Waals surface area contributed by atoms with Crippen LogP contribution in [0.4, 0.5) is 5.95 Å². The van der Waals surface area contributed by atoms with Crippen LogP contribution in [0.2, 0.25) is 0 Å². The number of nitrogen functional groups attached to an aromatic ring is 1. The Kier molecular flexibility index (Phi) is 3.01. The summed E-state index contributed by atoms with van der Waals surface area (Å²) in [5, 5.41) is 0.349. The number of rotatable bonds is 1. The van der Waals surface area contributed by atoms with Gasteiger partial charge < -0.3 is 5.73 Å². The molecule has 0 atom stereocenters. The topological polar surface area (TPSA) is 109 Å². The second-order valence-corrected chi connectivity index (χ2v) is 5.00. The van der Waals surface area contributed by atoms with Gasteiger partial charge in [-0.2, -0.15) is 0 Å². The summed E-state index contributed by atoms with van der Waals surface area (Å²) in [5.41, 5.74) is 7.04. The van der Waals surface area contributed by atoms with Crippen molar-refractivity contribution in [2.45, 2.75) is 6.92 Å². The van der Waals surface area contributed by atoms with E-state index in [0.29, 0.717) is 28.0 Å². The van der Waals surface area contributed by atoms with Crippen molar-refractivity contribution >= 4 is 17.0 Å². The van der Waals surface area contributed by atoms with Crippen LogP contribution in [0, 0.1) is 6.92 Å². The number of hydrogen-bond donors (Lipinski definition) is 1. The first kappa shape index (κ1) is 13.9. The molecule has 0 amide bonds. The molecule has 2 N–H and O–H groups in total. The van der Waals surface area contributed by atoms with Gasteiger partial charge in [0.1, 0.15) is 5.65 Å². The van der Waals surface area contributed by atoms with E-state index in [1.165, 1.54) is 11.6 Å². The van der Waals surface area contributed by atoms with Crippen LogP contribution in [0.25, 0.3) is 22.3 Å². The molecule has 0 fully saturated rings. The van der Waals surface area contributed by atoms with Crippen LogP contribution in [0.15, 0.2) is 27.9 Å². The van der Waals surface area contributed by atoms with Crippen molar-refractivity contribution in [2.75, 3.05) is 5.73 Å². The predicted octanol–water partition coefficient (Wildman–Crippen LogP) is -0.0202. The first-order valence-electron chi connectivity index (χ1n) is 6.56. The number of nitrogens with two attached hydrogens (primary N) is 1. The van der Waals surface area contributed by atoms with Crippen molar-refractivity contribution in [3.05, 3.63) is 44.9 Å². The van der Waals surface area contributed by atoms with Crippen LogP contribution in [0.5, 0.6) is 0 Å². The quantitative estimate of drug-likeness (QED) is 0.676. The van der Waals surface area contributed by atoms with Crippen LogP contribution in [-0.2, 0) is 14.1 Å². The summed E-state index contributed by atoms with van der Waals surface area (Å²) in [6, 6.07) is 3.37. The van der Waals surface area contributed by atoms with Crippen LogP contribution in [-0.4, -0.2) is 24.1 Å². The lowest BCUT2D eigenvalue weighted by atomic mass is 10.1. The normalized spacial score (nSPS) is 11.0. The second kappa shape index (κ2) is 4.76. The van der Waals surface area contributed by atoms with Crippen LogP contribution in [0.1, 0.15) is 5.69 Å². The fourth-order valence-electron chi connectivity index (χ4n) is 2.37. The van der Waals surface area contributed by atoms with Gasteiger partial charge in [0.15, 0.2) is 0 Å². The molecular weight excluding hydrogens is 284 g/mol. The Hall–Kier alpha value is -3.03. The molecule has 0 aliphatic rings. The van der Waals surface area contributed by atoms with E-state index in [1.54, 1.807) is 32.3 Å². The highest BCUT2D eigenvalue weighted by Gasteiger charge is 2.14. The Morgan fingerprint density at radius 2 is 1.86 bits per heavy atom. The fourth-order valence-corrected chi connectivity index (χ4v) is 2.37. The maximum Gasteiger partial charge on any atom is 0.332 e. The summed E-state index contributed by atoms with van der Waals surface area (Å²) in [6.07, 6.45) is 1.54. The number of nitrogens with zero attached hydrogens (tertiary/aromatic N) is 5. The van der Waals surface area contributed by atoms with E-state index in [9.17, 15) is 9.59 Å². The molecule has 3 aromatic heterocycles. The molecule has 112 valence electrons. The molecule has 0 saturated carbocycles. The van der Waals surface area contributed by atoms with Crippen LogP contribution < -0.4 is 17.0 Å². The molecule has 0 spiro atoms. The highest BCUT2D eigenvalue weighted by Crippen LogP contribution is 2.22. The minimum atomic E-state index is -0.413. The average Bonchev–Trinajstić information content (AvgIpc) is 2.50. The molecule has 3 rings (SSSR count). The minimum absolute atomic E-state index is 0.144. The van der Waals surface area contributed by atoms with E-state index < -0.39 is 11.2 Å². The molecule has 8 nitrogen and oxygen atoms in total. The SMILES string of the molecule is Cc1nc2c(cc1-c1ccnc(N)n1)c(=O)n(C)c(=O)n2C. The number of fused-ring (bicyclic) bond motifs is 1. The molecule has 0 aliphatic carbocycles. The number of pyridine rings is 1. The maximum atomic E-state index is 12.3. The lowest BCUT2D eigenvalue weighted by Crippen LogP contribution is -2.37. The molecule has 0 bridgehead atoms. The van der Waals surface area contributed by atoms with Crippen molar-refractivity contribution < 1.29 is 0 Å². The third-order valence-electron chi connectivity index (χ3n) is 3.57. The maximum absolute atomic E-state index is 12.3. The summed E-state index contributed by atoms with van der Waals surface area (Å²) in [5.74, 6) is 0.144. The smallest absolute Gasteiger partial charge is 0.332 e. The Balaban J connectivity index is 2.43. The number of anilines is 1.